The zero-order chi connectivity index (χ0) is 13.1. The van der Waals surface area contributed by atoms with Crippen molar-refractivity contribution in [3.05, 3.63) is 35.9 Å². The second-order valence-corrected chi connectivity index (χ2v) is 4.02. The Kier molecular flexibility index (Phi) is 12.0. The topological polar surface area (TPSA) is 84.7 Å². The SMILES string of the molecule is CC[N+](CC)(CC)Cc1ccccc1.N.OOO. The van der Waals surface area contributed by atoms with E-state index in [9.17, 15) is 0 Å². The van der Waals surface area contributed by atoms with Crippen LogP contribution in [0.4, 0.5) is 0 Å². The minimum atomic E-state index is 0. The summed E-state index contributed by atoms with van der Waals surface area (Å²) in [5.74, 6) is 0. The molecule has 0 aliphatic heterocycles. The number of hydrogen-bond donors (Lipinski definition) is 3. The minimum Gasteiger partial charge on any atom is -0.344 e. The maximum atomic E-state index is 6.62. The van der Waals surface area contributed by atoms with Gasteiger partial charge < -0.3 is 10.6 Å². The zero-order valence-corrected chi connectivity index (χ0v) is 11.7. The molecule has 0 amide bonds. The van der Waals surface area contributed by atoms with Gasteiger partial charge in [-0.05, 0) is 20.8 Å². The van der Waals surface area contributed by atoms with Gasteiger partial charge >= 0.3 is 0 Å². The van der Waals surface area contributed by atoms with Gasteiger partial charge in [0.2, 0.25) is 0 Å². The molecule has 5 nitrogen and oxygen atoms in total. The lowest BCUT2D eigenvalue weighted by Gasteiger charge is -2.35. The Morgan fingerprint density at radius 3 is 1.67 bits per heavy atom. The van der Waals surface area contributed by atoms with E-state index in [0.29, 0.717) is 0 Å². The molecule has 106 valence electrons. The van der Waals surface area contributed by atoms with Gasteiger partial charge in [-0.15, -0.1) is 0 Å². The van der Waals surface area contributed by atoms with Crippen LogP contribution in [0.15, 0.2) is 30.3 Å². The lowest BCUT2D eigenvalue weighted by molar-refractivity contribution is -0.936. The van der Waals surface area contributed by atoms with E-state index in [1.165, 1.54) is 36.2 Å². The molecule has 18 heavy (non-hydrogen) atoms. The van der Waals surface area contributed by atoms with Crippen molar-refractivity contribution in [2.24, 2.45) is 0 Å². The van der Waals surface area contributed by atoms with Crippen molar-refractivity contribution >= 4 is 0 Å². The van der Waals surface area contributed by atoms with Crippen LogP contribution in [0.5, 0.6) is 0 Å². The molecule has 0 spiro atoms. The fourth-order valence-electron chi connectivity index (χ4n) is 1.98. The molecule has 0 saturated heterocycles. The molecule has 5 heteroatoms. The number of rotatable bonds is 5. The van der Waals surface area contributed by atoms with Crippen molar-refractivity contribution in [3.63, 3.8) is 0 Å². The predicted molar refractivity (Wildman–Crippen MR) is 73.4 cm³/mol. The normalized spacial score (nSPS) is 10.1. The lowest BCUT2D eigenvalue weighted by atomic mass is 10.2. The maximum Gasteiger partial charge on any atom is 0.104 e. The van der Waals surface area contributed by atoms with Gasteiger partial charge in [0.15, 0.2) is 0 Å². The molecule has 0 atom stereocenters. The van der Waals surface area contributed by atoms with Crippen LogP contribution in [0, 0.1) is 0 Å². The molecular weight excluding hydrogens is 232 g/mol. The van der Waals surface area contributed by atoms with E-state index in [-0.39, 0.29) is 6.15 Å². The van der Waals surface area contributed by atoms with E-state index < -0.39 is 0 Å². The van der Waals surface area contributed by atoms with Gasteiger partial charge in [0.1, 0.15) is 6.54 Å². The van der Waals surface area contributed by atoms with Crippen molar-refractivity contribution in [1.82, 2.24) is 6.15 Å². The molecule has 0 saturated carbocycles. The highest BCUT2D eigenvalue weighted by molar-refractivity contribution is 5.13. The molecule has 0 unspecified atom stereocenters. The van der Waals surface area contributed by atoms with Gasteiger partial charge in [0.05, 0.1) is 19.6 Å². The third-order valence-electron chi connectivity index (χ3n) is 3.37. The summed E-state index contributed by atoms with van der Waals surface area (Å²) < 4.78 is 1.20. The zero-order valence-electron chi connectivity index (χ0n) is 11.7. The summed E-state index contributed by atoms with van der Waals surface area (Å²) in [7, 11) is 0. The van der Waals surface area contributed by atoms with Crippen molar-refractivity contribution in [2.75, 3.05) is 19.6 Å². The fraction of sp³-hybridized carbons (Fsp3) is 0.538. The van der Waals surface area contributed by atoms with Crippen LogP contribution in [-0.2, 0) is 11.6 Å². The van der Waals surface area contributed by atoms with E-state index in [1.807, 2.05) is 0 Å². The summed E-state index contributed by atoms with van der Waals surface area (Å²) in [6.07, 6.45) is 0. The van der Waals surface area contributed by atoms with E-state index in [1.54, 1.807) is 0 Å². The molecule has 5 N–H and O–H groups in total. The molecule has 0 heterocycles. The summed E-state index contributed by atoms with van der Waals surface area (Å²) in [6.45, 7) is 11.7. The minimum absolute atomic E-state index is 0. The van der Waals surface area contributed by atoms with Crippen LogP contribution in [0.1, 0.15) is 26.3 Å². The first kappa shape index (κ1) is 19.4. The summed E-state index contributed by atoms with van der Waals surface area (Å²) in [6, 6.07) is 10.8. The Hall–Kier alpha value is -0.980. The number of nitrogens with zero attached hydrogens (tertiary/aromatic N) is 1. The molecule has 0 aliphatic carbocycles. The molecule has 1 aromatic carbocycles. The van der Waals surface area contributed by atoms with Gasteiger partial charge in [-0.1, -0.05) is 35.4 Å². The standard InChI is InChI=1S/C13H22N.H3N.H2O3/c1-4-14(5-2,6-3)12-13-10-8-7-9-11-13;;1-3-2/h7-11H,4-6,12H2,1-3H3;1H3;1-2H/q+1;;. The van der Waals surface area contributed by atoms with Gasteiger partial charge in [0.25, 0.3) is 0 Å². The predicted octanol–water partition coefficient (Wildman–Crippen LogP) is 3.17. The van der Waals surface area contributed by atoms with E-state index in [2.05, 4.69) is 56.1 Å². The Balaban J connectivity index is 0. The smallest absolute Gasteiger partial charge is 0.104 e. The van der Waals surface area contributed by atoms with Gasteiger partial charge in [-0.3, -0.25) is 0 Å². The highest BCUT2D eigenvalue weighted by atomic mass is 17.4. The highest BCUT2D eigenvalue weighted by Gasteiger charge is 2.20. The third kappa shape index (κ3) is 6.68. The first-order chi connectivity index (χ1) is 8.17. The molecule has 0 bridgehead atoms. The van der Waals surface area contributed by atoms with E-state index in [0.717, 1.165) is 0 Å². The van der Waals surface area contributed by atoms with Gasteiger partial charge in [-0.2, -0.15) is 0 Å². The molecule has 1 rings (SSSR count). The molecule has 0 fully saturated rings. The van der Waals surface area contributed by atoms with Gasteiger partial charge in [0, 0.05) is 5.56 Å². The Morgan fingerprint density at radius 1 is 0.944 bits per heavy atom. The van der Waals surface area contributed by atoms with Crippen LogP contribution in [-0.4, -0.2) is 34.6 Å². The van der Waals surface area contributed by atoms with Crippen molar-refractivity contribution in [2.45, 2.75) is 27.3 Å². The Morgan fingerprint density at radius 2 is 1.33 bits per heavy atom. The average Bonchev–Trinajstić information content (AvgIpc) is 2.38. The maximum absolute atomic E-state index is 6.62. The van der Waals surface area contributed by atoms with E-state index >= 15 is 0 Å². The number of hydrogen-bond acceptors (Lipinski definition) is 4. The number of quaternary nitrogens is 1. The van der Waals surface area contributed by atoms with Crippen LogP contribution in [0.2, 0.25) is 0 Å². The Labute approximate surface area is 110 Å². The third-order valence-corrected chi connectivity index (χ3v) is 3.37. The van der Waals surface area contributed by atoms with Crippen LogP contribution in [0.3, 0.4) is 0 Å². The lowest BCUT2D eigenvalue weighted by Crippen LogP contribution is -2.46. The second kappa shape index (κ2) is 11.1. The van der Waals surface area contributed by atoms with E-state index in [4.69, 9.17) is 10.5 Å². The number of benzene rings is 1. The summed E-state index contributed by atoms with van der Waals surface area (Å²) in [4.78, 5) is 0. The van der Waals surface area contributed by atoms with Crippen LogP contribution in [0.25, 0.3) is 0 Å². The Bertz CT molecular complexity index is 269. The molecular formula is C13H27N2O3+. The summed E-state index contributed by atoms with van der Waals surface area (Å²) in [5, 5.41) is 15.5. The van der Waals surface area contributed by atoms with Gasteiger partial charge in [-0.25, -0.2) is 10.5 Å². The molecule has 0 aromatic heterocycles. The fourth-order valence-corrected chi connectivity index (χ4v) is 1.98. The quantitative estimate of drug-likeness (QED) is 0.431. The molecule has 0 aliphatic rings. The summed E-state index contributed by atoms with van der Waals surface area (Å²) >= 11 is 0. The first-order valence-electron chi connectivity index (χ1n) is 6.02. The van der Waals surface area contributed by atoms with Crippen LogP contribution < -0.4 is 6.15 Å². The summed E-state index contributed by atoms with van der Waals surface area (Å²) in [5.41, 5.74) is 1.46. The largest absolute Gasteiger partial charge is 0.344 e. The highest BCUT2D eigenvalue weighted by Crippen LogP contribution is 2.13. The molecule has 1 aromatic rings. The average molecular weight is 259 g/mol. The van der Waals surface area contributed by atoms with Crippen molar-refractivity contribution in [3.8, 4) is 0 Å². The van der Waals surface area contributed by atoms with Crippen LogP contribution >= 0.6 is 0 Å². The molecule has 0 radical (unpaired) electrons. The first-order valence-corrected chi connectivity index (χ1v) is 6.02. The van der Waals surface area contributed by atoms with Crippen molar-refractivity contribution in [1.29, 1.82) is 0 Å². The monoisotopic (exact) mass is 259 g/mol. The van der Waals surface area contributed by atoms with Crippen molar-refractivity contribution < 1.29 is 20.0 Å². The second-order valence-electron chi connectivity index (χ2n) is 4.02.